The molecule has 0 aromatic carbocycles. The van der Waals surface area contributed by atoms with Crippen LogP contribution in [0, 0.1) is 17.3 Å². The lowest BCUT2D eigenvalue weighted by atomic mass is 9.80. The van der Waals surface area contributed by atoms with E-state index in [1.165, 1.54) is 0 Å². The lowest BCUT2D eigenvalue weighted by molar-refractivity contribution is -0.151. The predicted octanol–water partition coefficient (Wildman–Crippen LogP) is 2.68. The molecule has 0 saturated heterocycles. The summed E-state index contributed by atoms with van der Waals surface area (Å²) in [7, 11) is 0. The lowest BCUT2D eigenvalue weighted by Gasteiger charge is -2.25. The van der Waals surface area contributed by atoms with E-state index in [-0.39, 0.29) is 5.91 Å². The number of carbonyl (C=O) groups is 2. The number of carbonyl (C=O) groups excluding carboxylic acids is 1. The van der Waals surface area contributed by atoms with E-state index in [0.29, 0.717) is 12.5 Å². The highest BCUT2D eigenvalue weighted by Crippen LogP contribution is 2.26. The first-order valence-electron chi connectivity index (χ1n) is 6.66. The molecule has 0 fully saturated rings. The second kappa shape index (κ2) is 7.39. The van der Waals surface area contributed by atoms with Gasteiger partial charge in [0.25, 0.3) is 0 Å². The minimum absolute atomic E-state index is 0.375. The van der Waals surface area contributed by atoms with Crippen LogP contribution in [0.25, 0.3) is 0 Å². The van der Waals surface area contributed by atoms with E-state index in [1.807, 2.05) is 0 Å². The average molecular weight is 257 g/mol. The highest BCUT2D eigenvalue weighted by molar-refractivity contribution is 5.97. The van der Waals surface area contributed by atoms with Gasteiger partial charge in [0.05, 0.1) is 0 Å². The molecule has 0 saturated carbocycles. The molecule has 0 aromatic rings. The standard InChI is InChI=1S/C14H27NO3/c1-10(2)8-6-7-9-15-12(16)11(13(17)18)14(3,4)5/h10-11H,6-9H2,1-5H3,(H,15,16)(H,17,18). The Morgan fingerprint density at radius 2 is 1.72 bits per heavy atom. The van der Waals surface area contributed by atoms with Gasteiger partial charge in [0, 0.05) is 6.54 Å². The summed E-state index contributed by atoms with van der Waals surface area (Å²) >= 11 is 0. The number of unbranched alkanes of at least 4 members (excludes halogenated alkanes) is 1. The number of aliphatic carboxylic acids is 1. The fourth-order valence-electron chi connectivity index (χ4n) is 1.87. The molecular weight excluding hydrogens is 230 g/mol. The lowest BCUT2D eigenvalue weighted by Crippen LogP contribution is -2.43. The Hall–Kier alpha value is -1.06. The van der Waals surface area contributed by atoms with Gasteiger partial charge in [-0.1, -0.05) is 47.5 Å². The molecule has 4 nitrogen and oxygen atoms in total. The first kappa shape index (κ1) is 16.9. The SMILES string of the molecule is CC(C)CCCCNC(=O)C(C(=O)O)C(C)(C)C. The van der Waals surface area contributed by atoms with Crippen molar-refractivity contribution in [1.29, 1.82) is 0 Å². The summed E-state index contributed by atoms with van der Waals surface area (Å²) in [5, 5.41) is 11.8. The normalized spacial score (nSPS) is 13.4. The summed E-state index contributed by atoms with van der Waals surface area (Å²) in [5.41, 5.74) is -0.562. The maximum Gasteiger partial charge on any atom is 0.316 e. The van der Waals surface area contributed by atoms with Crippen molar-refractivity contribution in [1.82, 2.24) is 5.32 Å². The Bertz CT molecular complexity index is 279. The molecule has 0 heterocycles. The molecule has 0 radical (unpaired) electrons. The molecule has 0 aliphatic heterocycles. The fourth-order valence-corrected chi connectivity index (χ4v) is 1.87. The van der Waals surface area contributed by atoms with E-state index in [9.17, 15) is 9.59 Å². The van der Waals surface area contributed by atoms with Crippen molar-refractivity contribution in [3.05, 3.63) is 0 Å². The Morgan fingerprint density at radius 1 is 1.17 bits per heavy atom. The molecule has 0 aromatic heterocycles. The van der Waals surface area contributed by atoms with Crippen LogP contribution in [0.15, 0.2) is 0 Å². The molecule has 0 aliphatic rings. The average Bonchev–Trinajstić information content (AvgIpc) is 2.13. The molecule has 2 N–H and O–H groups in total. The number of rotatable bonds is 7. The molecule has 1 atom stereocenters. The van der Waals surface area contributed by atoms with E-state index in [0.717, 1.165) is 19.3 Å². The first-order chi connectivity index (χ1) is 8.16. The van der Waals surface area contributed by atoms with E-state index in [1.54, 1.807) is 20.8 Å². The van der Waals surface area contributed by atoms with Crippen LogP contribution in [-0.4, -0.2) is 23.5 Å². The molecular formula is C14H27NO3. The molecule has 0 spiro atoms. The Balaban J connectivity index is 4.10. The van der Waals surface area contributed by atoms with E-state index >= 15 is 0 Å². The van der Waals surface area contributed by atoms with Crippen molar-refractivity contribution in [2.75, 3.05) is 6.54 Å². The topological polar surface area (TPSA) is 66.4 Å². The third kappa shape index (κ3) is 6.62. The van der Waals surface area contributed by atoms with Crippen LogP contribution in [0.4, 0.5) is 0 Å². The number of hydrogen-bond acceptors (Lipinski definition) is 2. The predicted molar refractivity (Wildman–Crippen MR) is 72.3 cm³/mol. The second-order valence-corrected chi connectivity index (χ2v) is 6.32. The summed E-state index contributed by atoms with van der Waals surface area (Å²) in [5.74, 6) is -1.74. The number of amides is 1. The van der Waals surface area contributed by atoms with Gasteiger partial charge in [-0.3, -0.25) is 9.59 Å². The summed E-state index contributed by atoms with van der Waals surface area (Å²) in [6, 6.07) is 0. The maximum absolute atomic E-state index is 11.8. The molecule has 1 unspecified atom stereocenters. The van der Waals surface area contributed by atoms with Crippen LogP contribution in [0.1, 0.15) is 53.9 Å². The van der Waals surface area contributed by atoms with Gasteiger partial charge in [0.2, 0.25) is 5.91 Å². The largest absolute Gasteiger partial charge is 0.481 e. The van der Waals surface area contributed by atoms with Gasteiger partial charge >= 0.3 is 5.97 Å². The van der Waals surface area contributed by atoms with Crippen LogP contribution < -0.4 is 5.32 Å². The quantitative estimate of drug-likeness (QED) is 0.544. The van der Waals surface area contributed by atoms with Crippen molar-refractivity contribution in [3.63, 3.8) is 0 Å². The number of nitrogens with one attached hydrogen (secondary N) is 1. The highest BCUT2D eigenvalue weighted by Gasteiger charge is 2.37. The minimum Gasteiger partial charge on any atom is -0.481 e. The van der Waals surface area contributed by atoms with Gasteiger partial charge in [-0.25, -0.2) is 0 Å². The van der Waals surface area contributed by atoms with Crippen molar-refractivity contribution in [3.8, 4) is 0 Å². The molecule has 18 heavy (non-hydrogen) atoms. The van der Waals surface area contributed by atoms with Crippen LogP contribution in [0.2, 0.25) is 0 Å². The van der Waals surface area contributed by atoms with Crippen LogP contribution in [-0.2, 0) is 9.59 Å². The van der Waals surface area contributed by atoms with Crippen LogP contribution in [0.5, 0.6) is 0 Å². The third-order valence-corrected chi connectivity index (χ3v) is 2.88. The zero-order chi connectivity index (χ0) is 14.3. The zero-order valence-electron chi connectivity index (χ0n) is 12.2. The van der Waals surface area contributed by atoms with Gasteiger partial charge < -0.3 is 10.4 Å². The Labute approximate surface area is 110 Å². The molecule has 0 rings (SSSR count). The van der Waals surface area contributed by atoms with Gasteiger partial charge in [-0.05, 0) is 17.8 Å². The minimum atomic E-state index is -1.05. The molecule has 1 amide bonds. The summed E-state index contributed by atoms with van der Waals surface area (Å²) in [6.45, 7) is 10.2. The third-order valence-electron chi connectivity index (χ3n) is 2.88. The first-order valence-corrected chi connectivity index (χ1v) is 6.66. The monoisotopic (exact) mass is 257 g/mol. The van der Waals surface area contributed by atoms with Gasteiger partial charge in [-0.2, -0.15) is 0 Å². The van der Waals surface area contributed by atoms with Crippen molar-refractivity contribution >= 4 is 11.9 Å². The summed E-state index contributed by atoms with van der Waals surface area (Å²) in [6.07, 6.45) is 3.10. The van der Waals surface area contributed by atoms with Crippen molar-refractivity contribution < 1.29 is 14.7 Å². The van der Waals surface area contributed by atoms with Gasteiger partial charge in [-0.15, -0.1) is 0 Å². The van der Waals surface area contributed by atoms with E-state index < -0.39 is 17.3 Å². The summed E-state index contributed by atoms with van der Waals surface area (Å²) < 4.78 is 0. The molecule has 0 aliphatic carbocycles. The fraction of sp³-hybridized carbons (Fsp3) is 0.857. The number of carboxylic acid groups (broad SMARTS) is 1. The smallest absolute Gasteiger partial charge is 0.316 e. The van der Waals surface area contributed by atoms with E-state index in [4.69, 9.17) is 5.11 Å². The molecule has 0 bridgehead atoms. The maximum atomic E-state index is 11.8. The molecule has 106 valence electrons. The molecule has 4 heteroatoms. The highest BCUT2D eigenvalue weighted by atomic mass is 16.4. The van der Waals surface area contributed by atoms with Crippen molar-refractivity contribution in [2.45, 2.75) is 53.9 Å². The van der Waals surface area contributed by atoms with Gasteiger partial charge in [0.1, 0.15) is 5.92 Å². The second-order valence-electron chi connectivity index (χ2n) is 6.32. The Morgan fingerprint density at radius 3 is 2.11 bits per heavy atom. The Kier molecular flexibility index (Phi) is 6.96. The van der Waals surface area contributed by atoms with E-state index in [2.05, 4.69) is 19.2 Å². The van der Waals surface area contributed by atoms with Crippen LogP contribution in [0.3, 0.4) is 0 Å². The van der Waals surface area contributed by atoms with Gasteiger partial charge in [0.15, 0.2) is 0 Å². The summed E-state index contributed by atoms with van der Waals surface area (Å²) in [4.78, 5) is 22.9. The van der Waals surface area contributed by atoms with Crippen LogP contribution >= 0.6 is 0 Å². The number of carboxylic acids is 1. The zero-order valence-corrected chi connectivity index (χ0v) is 12.2. The van der Waals surface area contributed by atoms with Crippen molar-refractivity contribution in [2.24, 2.45) is 17.3 Å². The number of hydrogen-bond donors (Lipinski definition) is 2.